The molecule has 1 aliphatic rings. The highest BCUT2D eigenvalue weighted by atomic mass is 127. The first-order valence-electron chi connectivity index (χ1n) is 10.0. The zero-order valence-electron chi connectivity index (χ0n) is 16.8. The zero-order valence-corrected chi connectivity index (χ0v) is 19.2. The number of ether oxygens (including phenoxy) is 1. The minimum Gasteiger partial charge on any atom is -0.389 e. The maximum absolute atomic E-state index is 10.0. The molecule has 4 N–H and O–H groups in total. The Kier molecular flexibility index (Phi) is 9.53. The molecule has 1 fully saturated rings. The minimum absolute atomic E-state index is 0. The van der Waals surface area contributed by atoms with Crippen molar-refractivity contribution in [1.82, 2.24) is 15.6 Å². The van der Waals surface area contributed by atoms with Crippen LogP contribution < -0.4 is 10.6 Å². The fourth-order valence-electron chi connectivity index (χ4n) is 3.13. The van der Waals surface area contributed by atoms with E-state index in [2.05, 4.69) is 51.9 Å². The number of benzene rings is 1. The number of rotatable bonds is 10. The van der Waals surface area contributed by atoms with Gasteiger partial charge in [-0.3, -0.25) is 4.99 Å². The second kappa shape index (κ2) is 11.6. The zero-order chi connectivity index (χ0) is 19.1. The first-order chi connectivity index (χ1) is 13.2. The maximum Gasteiger partial charge on any atom is 0.191 e. The smallest absolute Gasteiger partial charge is 0.191 e. The first kappa shape index (κ1) is 23.0. The molecule has 0 saturated heterocycles. The number of para-hydroxylation sites is 1. The van der Waals surface area contributed by atoms with Gasteiger partial charge in [-0.15, -0.1) is 24.0 Å². The Morgan fingerprint density at radius 3 is 2.93 bits per heavy atom. The van der Waals surface area contributed by atoms with Gasteiger partial charge in [0.15, 0.2) is 5.96 Å². The summed E-state index contributed by atoms with van der Waals surface area (Å²) in [5.74, 6) is 1.45. The van der Waals surface area contributed by atoms with Crippen molar-refractivity contribution in [2.75, 3.05) is 32.8 Å². The standard InChI is InChI=1S/C21H32N4O2.HI/c1-3-22-21(25-12-18(26)14-27-13-16-7-8-16)23-10-9-17-11-24-20-15(2)5-4-6-19(17)20;/h4-6,11,16,18,24,26H,3,7-10,12-14H2,1-2H3,(H2,22,23,25);1H. The van der Waals surface area contributed by atoms with E-state index in [1.807, 2.05) is 6.92 Å². The van der Waals surface area contributed by atoms with Gasteiger partial charge >= 0.3 is 0 Å². The largest absolute Gasteiger partial charge is 0.389 e. The Morgan fingerprint density at radius 2 is 2.18 bits per heavy atom. The van der Waals surface area contributed by atoms with Crippen LogP contribution in [0.3, 0.4) is 0 Å². The number of hydrogen-bond donors (Lipinski definition) is 4. The van der Waals surface area contributed by atoms with Gasteiger partial charge in [0.1, 0.15) is 0 Å². The molecule has 0 spiro atoms. The molecule has 28 heavy (non-hydrogen) atoms. The molecular formula is C21H33IN4O2. The third kappa shape index (κ3) is 6.93. The summed E-state index contributed by atoms with van der Waals surface area (Å²) in [6, 6.07) is 6.38. The summed E-state index contributed by atoms with van der Waals surface area (Å²) in [5.41, 5.74) is 3.77. The van der Waals surface area contributed by atoms with E-state index in [1.165, 1.54) is 34.9 Å². The van der Waals surface area contributed by atoms with E-state index in [-0.39, 0.29) is 24.0 Å². The number of H-pyrrole nitrogens is 1. The van der Waals surface area contributed by atoms with Gasteiger partial charge in [-0.2, -0.15) is 0 Å². The highest BCUT2D eigenvalue weighted by Gasteiger charge is 2.21. The Labute approximate surface area is 184 Å². The van der Waals surface area contributed by atoms with E-state index in [1.54, 1.807) is 0 Å². The fourth-order valence-corrected chi connectivity index (χ4v) is 3.13. The molecule has 156 valence electrons. The molecule has 1 heterocycles. The molecule has 0 amide bonds. The van der Waals surface area contributed by atoms with Crippen LogP contribution in [0.15, 0.2) is 29.4 Å². The minimum atomic E-state index is -0.559. The monoisotopic (exact) mass is 500 g/mol. The van der Waals surface area contributed by atoms with Crippen LogP contribution >= 0.6 is 24.0 Å². The van der Waals surface area contributed by atoms with Crippen LogP contribution in [0.25, 0.3) is 10.9 Å². The van der Waals surface area contributed by atoms with Crippen LogP contribution in [0, 0.1) is 12.8 Å². The van der Waals surface area contributed by atoms with Crippen molar-refractivity contribution in [3.63, 3.8) is 0 Å². The first-order valence-corrected chi connectivity index (χ1v) is 10.0. The lowest BCUT2D eigenvalue weighted by molar-refractivity contribution is 0.0368. The molecule has 1 aromatic heterocycles. The average Bonchev–Trinajstić information content (AvgIpc) is 3.39. The van der Waals surface area contributed by atoms with Gasteiger partial charge in [0, 0.05) is 36.8 Å². The predicted molar refractivity (Wildman–Crippen MR) is 126 cm³/mol. The summed E-state index contributed by atoms with van der Waals surface area (Å²) in [7, 11) is 0. The molecule has 6 nitrogen and oxygen atoms in total. The summed E-state index contributed by atoms with van der Waals surface area (Å²) < 4.78 is 5.53. The van der Waals surface area contributed by atoms with Gasteiger partial charge in [-0.25, -0.2) is 0 Å². The summed E-state index contributed by atoms with van der Waals surface area (Å²) in [4.78, 5) is 7.85. The van der Waals surface area contributed by atoms with E-state index in [4.69, 9.17) is 4.74 Å². The Balaban J connectivity index is 0.00000280. The van der Waals surface area contributed by atoms with Gasteiger partial charge in [0.25, 0.3) is 0 Å². The number of fused-ring (bicyclic) bond motifs is 1. The number of nitrogens with one attached hydrogen (secondary N) is 3. The molecule has 0 bridgehead atoms. The van der Waals surface area contributed by atoms with Crippen LogP contribution in [-0.4, -0.2) is 55.0 Å². The lowest BCUT2D eigenvalue weighted by atomic mass is 10.1. The summed E-state index contributed by atoms with van der Waals surface area (Å²) in [6.07, 6.45) is 4.96. The van der Waals surface area contributed by atoms with Crippen molar-refractivity contribution in [3.05, 3.63) is 35.5 Å². The van der Waals surface area contributed by atoms with Gasteiger partial charge in [-0.1, -0.05) is 18.2 Å². The number of aryl methyl sites for hydroxylation is 1. The third-order valence-electron chi connectivity index (χ3n) is 4.86. The molecule has 2 aromatic rings. The number of guanidine groups is 1. The number of aliphatic imine (C=N–C) groups is 1. The average molecular weight is 500 g/mol. The normalized spacial score (nSPS) is 15.3. The number of hydrogen-bond acceptors (Lipinski definition) is 3. The van der Waals surface area contributed by atoms with Crippen LogP contribution in [-0.2, 0) is 11.2 Å². The SMILES string of the molecule is CCNC(=NCC(O)COCC1CC1)NCCc1c[nH]c2c(C)cccc12.I. The van der Waals surface area contributed by atoms with Crippen LogP contribution in [0.4, 0.5) is 0 Å². The molecule has 1 aromatic carbocycles. The molecule has 1 saturated carbocycles. The van der Waals surface area contributed by atoms with E-state index < -0.39 is 6.10 Å². The molecule has 0 radical (unpaired) electrons. The van der Waals surface area contributed by atoms with E-state index in [0.29, 0.717) is 19.1 Å². The number of aromatic amines is 1. The fraction of sp³-hybridized carbons (Fsp3) is 0.571. The van der Waals surface area contributed by atoms with E-state index in [0.717, 1.165) is 32.1 Å². The second-order valence-corrected chi connectivity index (χ2v) is 7.34. The van der Waals surface area contributed by atoms with Gasteiger partial charge in [0.05, 0.1) is 19.3 Å². The number of aromatic nitrogens is 1. The van der Waals surface area contributed by atoms with Gasteiger partial charge in [0.2, 0.25) is 0 Å². The summed E-state index contributed by atoms with van der Waals surface area (Å²) in [5, 5.41) is 17.9. The second-order valence-electron chi connectivity index (χ2n) is 7.34. The molecule has 0 aliphatic heterocycles. The van der Waals surface area contributed by atoms with Crippen LogP contribution in [0.1, 0.15) is 30.9 Å². The highest BCUT2D eigenvalue weighted by molar-refractivity contribution is 14.0. The van der Waals surface area contributed by atoms with Crippen molar-refractivity contribution in [2.24, 2.45) is 10.9 Å². The third-order valence-corrected chi connectivity index (χ3v) is 4.86. The molecule has 1 unspecified atom stereocenters. The lowest BCUT2D eigenvalue weighted by Gasteiger charge is -2.13. The van der Waals surface area contributed by atoms with Gasteiger partial charge in [-0.05, 0) is 50.2 Å². The van der Waals surface area contributed by atoms with Crippen molar-refractivity contribution in [1.29, 1.82) is 0 Å². The van der Waals surface area contributed by atoms with Crippen molar-refractivity contribution >= 4 is 40.8 Å². The van der Waals surface area contributed by atoms with Gasteiger partial charge < -0.3 is 25.5 Å². The quantitative estimate of drug-likeness (QED) is 0.230. The molecule has 1 atom stereocenters. The number of aliphatic hydroxyl groups excluding tert-OH is 1. The molecule has 3 rings (SSSR count). The Hall–Kier alpha value is -1.32. The lowest BCUT2D eigenvalue weighted by Crippen LogP contribution is -2.39. The topological polar surface area (TPSA) is 81.7 Å². The van der Waals surface area contributed by atoms with Crippen molar-refractivity contribution in [3.8, 4) is 0 Å². The molecule has 1 aliphatic carbocycles. The summed E-state index contributed by atoms with van der Waals surface area (Å²) in [6.45, 7) is 7.18. The number of halogens is 1. The summed E-state index contributed by atoms with van der Waals surface area (Å²) >= 11 is 0. The maximum atomic E-state index is 10.0. The molecule has 7 heteroatoms. The highest BCUT2D eigenvalue weighted by Crippen LogP contribution is 2.28. The Bertz CT molecular complexity index is 758. The number of nitrogens with zero attached hydrogens (tertiary/aromatic N) is 1. The molecular weight excluding hydrogens is 467 g/mol. The Morgan fingerprint density at radius 1 is 1.36 bits per heavy atom. The van der Waals surface area contributed by atoms with Crippen LogP contribution in [0.5, 0.6) is 0 Å². The van der Waals surface area contributed by atoms with Crippen LogP contribution in [0.2, 0.25) is 0 Å². The van der Waals surface area contributed by atoms with E-state index in [9.17, 15) is 5.11 Å². The number of aliphatic hydroxyl groups is 1. The van der Waals surface area contributed by atoms with Crippen molar-refractivity contribution in [2.45, 2.75) is 39.2 Å². The van der Waals surface area contributed by atoms with Crippen molar-refractivity contribution < 1.29 is 9.84 Å². The predicted octanol–water partition coefficient (Wildman–Crippen LogP) is 2.98. The van der Waals surface area contributed by atoms with E-state index >= 15 is 0 Å².